The summed E-state index contributed by atoms with van der Waals surface area (Å²) in [5, 5.41) is 7.54. The molecule has 2 atom stereocenters. The smallest absolute Gasteiger partial charge is 0.155 e. The third-order valence-electron chi connectivity index (χ3n) is 3.87. The van der Waals surface area contributed by atoms with Crippen LogP contribution < -0.4 is 5.32 Å². The van der Waals surface area contributed by atoms with Crippen molar-refractivity contribution in [2.75, 3.05) is 12.8 Å². The van der Waals surface area contributed by atoms with Crippen LogP contribution in [0.15, 0.2) is 6.20 Å². The number of sulfone groups is 1. The van der Waals surface area contributed by atoms with Gasteiger partial charge in [0.25, 0.3) is 0 Å². The Morgan fingerprint density at radius 3 is 2.90 bits per heavy atom. The van der Waals surface area contributed by atoms with Crippen LogP contribution in [-0.2, 0) is 16.4 Å². The van der Waals surface area contributed by atoms with Gasteiger partial charge in [-0.3, -0.25) is 4.68 Å². The number of rotatable bonds is 5. The van der Waals surface area contributed by atoms with Gasteiger partial charge in [-0.2, -0.15) is 5.10 Å². The summed E-state index contributed by atoms with van der Waals surface area (Å²) in [6.45, 7) is 2.80. The summed E-state index contributed by atoms with van der Waals surface area (Å²) in [7, 11) is -1.29. The van der Waals surface area contributed by atoms with Crippen molar-refractivity contribution in [2.24, 2.45) is 0 Å². The van der Waals surface area contributed by atoms with E-state index in [9.17, 15) is 8.42 Å². The summed E-state index contributed by atoms with van der Waals surface area (Å²) < 4.78 is 26.5. The standard InChI is InChI=1S/C13H22ClN3O2S/c1-3-7-17-13(10(14)9-16-17)12(15-2)11-6-4-5-8-20(11,18)19/h9,11-12,15H,3-8H2,1-2H3. The Morgan fingerprint density at radius 2 is 2.30 bits per heavy atom. The molecule has 1 aromatic heterocycles. The van der Waals surface area contributed by atoms with Crippen LogP contribution >= 0.6 is 11.6 Å². The molecule has 0 radical (unpaired) electrons. The zero-order valence-corrected chi connectivity index (χ0v) is 13.5. The molecule has 0 amide bonds. The van der Waals surface area contributed by atoms with Gasteiger partial charge in [-0.25, -0.2) is 8.42 Å². The Labute approximate surface area is 125 Å². The number of hydrogen-bond acceptors (Lipinski definition) is 4. The number of nitrogens with zero attached hydrogens (tertiary/aromatic N) is 2. The molecule has 114 valence electrons. The summed E-state index contributed by atoms with van der Waals surface area (Å²) >= 11 is 6.25. The van der Waals surface area contributed by atoms with Crippen molar-refractivity contribution in [3.63, 3.8) is 0 Å². The number of nitrogens with one attached hydrogen (secondary N) is 1. The van der Waals surface area contributed by atoms with Crippen LogP contribution in [0.1, 0.15) is 44.3 Å². The maximum Gasteiger partial charge on any atom is 0.155 e. The van der Waals surface area contributed by atoms with Crippen LogP contribution in [0.3, 0.4) is 0 Å². The first kappa shape index (κ1) is 15.8. The highest BCUT2D eigenvalue weighted by molar-refractivity contribution is 7.92. The topological polar surface area (TPSA) is 64.0 Å². The van der Waals surface area contributed by atoms with Gasteiger partial charge in [0.2, 0.25) is 0 Å². The molecule has 7 heteroatoms. The molecule has 0 saturated carbocycles. The van der Waals surface area contributed by atoms with E-state index in [1.165, 1.54) is 0 Å². The van der Waals surface area contributed by atoms with Gasteiger partial charge in [-0.05, 0) is 26.3 Å². The molecule has 2 rings (SSSR count). The van der Waals surface area contributed by atoms with Crippen molar-refractivity contribution in [2.45, 2.75) is 50.4 Å². The van der Waals surface area contributed by atoms with Gasteiger partial charge in [0.1, 0.15) is 0 Å². The van der Waals surface area contributed by atoms with Gasteiger partial charge in [0, 0.05) is 6.54 Å². The van der Waals surface area contributed by atoms with Crippen LogP contribution in [0.5, 0.6) is 0 Å². The summed E-state index contributed by atoms with van der Waals surface area (Å²) in [5.41, 5.74) is 0.798. The van der Waals surface area contributed by atoms with Crippen molar-refractivity contribution in [3.8, 4) is 0 Å². The van der Waals surface area contributed by atoms with E-state index >= 15 is 0 Å². The van der Waals surface area contributed by atoms with Crippen LogP contribution in [0.2, 0.25) is 5.02 Å². The lowest BCUT2D eigenvalue weighted by Gasteiger charge is -2.30. The lowest BCUT2D eigenvalue weighted by atomic mass is 10.0. The van der Waals surface area contributed by atoms with Gasteiger partial charge in [-0.15, -0.1) is 0 Å². The summed E-state index contributed by atoms with van der Waals surface area (Å²) in [6, 6.07) is -0.290. The fourth-order valence-corrected chi connectivity index (χ4v) is 5.30. The minimum Gasteiger partial charge on any atom is -0.311 e. The molecule has 20 heavy (non-hydrogen) atoms. The zero-order chi connectivity index (χ0) is 14.8. The SMILES string of the molecule is CCCn1ncc(Cl)c1C(NC)C1CCCCS1(=O)=O. The highest BCUT2D eigenvalue weighted by Crippen LogP contribution is 2.33. The van der Waals surface area contributed by atoms with E-state index < -0.39 is 15.1 Å². The van der Waals surface area contributed by atoms with E-state index in [0.29, 0.717) is 11.4 Å². The molecular weight excluding hydrogens is 298 g/mol. The van der Waals surface area contributed by atoms with E-state index in [1.54, 1.807) is 13.2 Å². The van der Waals surface area contributed by atoms with Crippen LogP contribution in [0.4, 0.5) is 0 Å². The first-order chi connectivity index (χ1) is 9.51. The molecular formula is C13H22ClN3O2S. The zero-order valence-electron chi connectivity index (χ0n) is 12.0. The summed E-state index contributed by atoms with van der Waals surface area (Å²) in [6.07, 6.45) is 4.92. The second kappa shape index (κ2) is 6.45. The van der Waals surface area contributed by atoms with Gasteiger partial charge in [0.15, 0.2) is 9.84 Å². The highest BCUT2D eigenvalue weighted by Gasteiger charge is 2.38. The number of halogens is 1. The van der Waals surface area contributed by atoms with Gasteiger partial charge >= 0.3 is 0 Å². The van der Waals surface area contributed by atoms with E-state index in [0.717, 1.165) is 31.5 Å². The molecule has 1 aromatic rings. The molecule has 2 heterocycles. The average molecular weight is 320 g/mol. The monoisotopic (exact) mass is 319 g/mol. The van der Waals surface area contributed by atoms with Crippen molar-refractivity contribution < 1.29 is 8.42 Å². The quantitative estimate of drug-likeness (QED) is 0.903. The van der Waals surface area contributed by atoms with Crippen molar-refractivity contribution in [1.82, 2.24) is 15.1 Å². The fourth-order valence-electron chi connectivity index (χ4n) is 2.92. The second-order valence-corrected chi connectivity index (χ2v) is 8.02. The summed E-state index contributed by atoms with van der Waals surface area (Å²) in [4.78, 5) is 0. The predicted octanol–water partition coefficient (Wildman–Crippen LogP) is 2.17. The second-order valence-electron chi connectivity index (χ2n) is 5.27. The lowest BCUT2D eigenvalue weighted by Crippen LogP contribution is -2.40. The number of aromatic nitrogens is 2. The van der Waals surface area contributed by atoms with Gasteiger partial charge in [-0.1, -0.05) is 24.9 Å². The Kier molecular flexibility index (Phi) is 5.09. The Hall–Kier alpha value is -0.590. The number of aryl methyl sites for hydroxylation is 1. The first-order valence-corrected chi connectivity index (χ1v) is 9.20. The molecule has 1 fully saturated rings. The van der Waals surface area contributed by atoms with Crippen molar-refractivity contribution in [3.05, 3.63) is 16.9 Å². The first-order valence-electron chi connectivity index (χ1n) is 7.11. The van der Waals surface area contributed by atoms with E-state index in [4.69, 9.17) is 11.6 Å². The van der Waals surface area contributed by atoms with Gasteiger partial charge < -0.3 is 5.32 Å². The van der Waals surface area contributed by atoms with E-state index in [1.807, 2.05) is 4.68 Å². The molecule has 0 aromatic carbocycles. The van der Waals surface area contributed by atoms with E-state index in [2.05, 4.69) is 17.3 Å². The molecule has 1 aliphatic rings. The normalized spacial score (nSPS) is 23.6. The Morgan fingerprint density at radius 1 is 1.55 bits per heavy atom. The van der Waals surface area contributed by atoms with Crippen molar-refractivity contribution >= 4 is 21.4 Å². The van der Waals surface area contributed by atoms with Gasteiger partial charge in [0.05, 0.1) is 34.0 Å². The van der Waals surface area contributed by atoms with Crippen molar-refractivity contribution in [1.29, 1.82) is 0 Å². The molecule has 0 bridgehead atoms. The van der Waals surface area contributed by atoms with Crippen LogP contribution in [0, 0.1) is 0 Å². The Bertz CT molecular complexity index is 556. The molecule has 0 spiro atoms. The molecule has 1 saturated heterocycles. The molecule has 1 N–H and O–H groups in total. The molecule has 5 nitrogen and oxygen atoms in total. The third-order valence-corrected chi connectivity index (χ3v) is 6.45. The lowest BCUT2D eigenvalue weighted by molar-refractivity contribution is 0.437. The predicted molar refractivity (Wildman–Crippen MR) is 80.8 cm³/mol. The van der Waals surface area contributed by atoms with E-state index in [-0.39, 0.29) is 11.8 Å². The number of hydrogen-bond donors (Lipinski definition) is 1. The maximum absolute atomic E-state index is 12.3. The molecule has 1 aliphatic heterocycles. The minimum absolute atomic E-state index is 0.273. The highest BCUT2D eigenvalue weighted by atomic mass is 35.5. The summed E-state index contributed by atoms with van der Waals surface area (Å²) in [5.74, 6) is 0.273. The molecule has 0 aliphatic carbocycles. The maximum atomic E-state index is 12.3. The van der Waals surface area contributed by atoms with Crippen LogP contribution in [-0.4, -0.2) is 36.2 Å². The Balaban J connectivity index is 2.39. The largest absolute Gasteiger partial charge is 0.311 e. The van der Waals surface area contributed by atoms with Crippen LogP contribution in [0.25, 0.3) is 0 Å². The third kappa shape index (κ3) is 3.02. The minimum atomic E-state index is -3.07. The average Bonchev–Trinajstić information content (AvgIpc) is 2.75. The molecule has 2 unspecified atom stereocenters. The fraction of sp³-hybridized carbons (Fsp3) is 0.769.